The molecule has 3 nitrogen and oxygen atoms in total. The predicted molar refractivity (Wildman–Crippen MR) is 72.1 cm³/mol. The van der Waals surface area contributed by atoms with Crippen LogP contribution in [0.5, 0.6) is 0 Å². The van der Waals surface area contributed by atoms with Crippen LogP contribution in [0.3, 0.4) is 0 Å². The van der Waals surface area contributed by atoms with Crippen molar-refractivity contribution in [3.05, 3.63) is 30.6 Å². The monoisotopic (exact) mass is 229 g/mol. The van der Waals surface area contributed by atoms with Crippen LogP contribution in [-0.4, -0.2) is 16.5 Å². The van der Waals surface area contributed by atoms with Gasteiger partial charge in [0, 0.05) is 24.6 Å². The van der Waals surface area contributed by atoms with E-state index < -0.39 is 0 Å². The average molecular weight is 229 g/mol. The van der Waals surface area contributed by atoms with Crippen LogP contribution < -0.4 is 5.32 Å². The highest BCUT2D eigenvalue weighted by atomic mass is 14.9. The lowest BCUT2D eigenvalue weighted by atomic mass is 10.1. The highest BCUT2D eigenvalue weighted by Gasteiger charge is 2.01. The van der Waals surface area contributed by atoms with Crippen LogP contribution in [0, 0.1) is 5.92 Å². The largest absolute Gasteiger partial charge is 0.385 e. The number of nitrogens with zero attached hydrogens (tertiary/aromatic N) is 2. The molecule has 0 aliphatic carbocycles. The second-order valence-electron chi connectivity index (χ2n) is 4.53. The Morgan fingerprint density at radius 2 is 1.94 bits per heavy atom. The number of nitrogens with one attached hydrogen (secondary N) is 1. The molecule has 0 radical (unpaired) electrons. The van der Waals surface area contributed by atoms with E-state index in [0.717, 1.165) is 23.3 Å². The predicted octanol–water partition coefficient (Wildman–Crippen LogP) is 3.48. The van der Waals surface area contributed by atoms with Crippen LogP contribution >= 0.6 is 0 Å². The third-order valence-electron chi connectivity index (χ3n) is 2.91. The highest BCUT2D eigenvalue weighted by Crippen LogP contribution is 2.16. The van der Waals surface area contributed by atoms with Crippen molar-refractivity contribution in [3.8, 4) is 0 Å². The standard InChI is InChI=1S/C14H19N3/c1-3-4-11(2)10-17-12-5-6-13-14(9-12)16-8-7-15-13/h5-9,11,17H,3-4,10H2,1-2H3. The molecule has 1 N–H and O–H groups in total. The number of benzene rings is 1. The van der Waals surface area contributed by atoms with Crippen molar-refractivity contribution in [2.45, 2.75) is 26.7 Å². The van der Waals surface area contributed by atoms with Gasteiger partial charge in [0.05, 0.1) is 11.0 Å². The third kappa shape index (κ3) is 3.16. The van der Waals surface area contributed by atoms with E-state index in [4.69, 9.17) is 0 Å². The van der Waals surface area contributed by atoms with E-state index in [2.05, 4.69) is 41.3 Å². The summed E-state index contributed by atoms with van der Waals surface area (Å²) in [5, 5.41) is 3.45. The molecule has 2 rings (SSSR count). The summed E-state index contributed by atoms with van der Waals surface area (Å²) in [6.07, 6.45) is 5.96. The van der Waals surface area contributed by atoms with Gasteiger partial charge in [0.2, 0.25) is 0 Å². The smallest absolute Gasteiger partial charge is 0.0907 e. The number of anilines is 1. The Labute approximate surface area is 102 Å². The van der Waals surface area contributed by atoms with Gasteiger partial charge < -0.3 is 5.32 Å². The van der Waals surface area contributed by atoms with Crippen LogP contribution in [0.4, 0.5) is 5.69 Å². The number of hydrogen-bond donors (Lipinski definition) is 1. The molecule has 17 heavy (non-hydrogen) atoms. The number of hydrogen-bond acceptors (Lipinski definition) is 3. The van der Waals surface area contributed by atoms with E-state index in [1.54, 1.807) is 12.4 Å². The molecule has 0 fully saturated rings. The zero-order valence-corrected chi connectivity index (χ0v) is 10.5. The minimum Gasteiger partial charge on any atom is -0.385 e. The molecule has 0 saturated heterocycles. The molecular weight excluding hydrogens is 210 g/mol. The maximum Gasteiger partial charge on any atom is 0.0907 e. The van der Waals surface area contributed by atoms with E-state index in [-0.39, 0.29) is 0 Å². The maximum absolute atomic E-state index is 4.30. The van der Waals surface area contributed by atoms with Crippen molar-refractivity contribution in [1.82, 2.24) is 9.97 Å². The van der Waals surface area contributed by atoms with E-state index in [0.29, 0.717) is 5.92 Å². The Kier molecular flexibility index (Phi) is 3.91. The first-order valence-corrected chi connectivity index (χ1v) is 6.24. The first-order chi connectivity index (χ1) is 8.29. The van der Waals surface area contributed by atoms with Crippen molar-refractivity contribution in [2.24, 2.45) is 5.92 Å². The molecule has 0 aliphatic heterocycles. The summed E-state index contributed by atoms with van der Waals surface area (Å²) in [5.74, 6) is 0.706. The molecule has 2 aromatic rings. The normalized spacial score (nSPS) is 12.6. The van der Waals surface area contributed by atoms with Crippen molar-refractivity contribution in [2.75, 3.05) is 11.9 Å². The van der Waals surface area contributed by atoms with Gasteiger partial charge in [-0.05, 0) is 30.5 Å². The summed E-state index contributed by atoms with van der Waals surface area (Å²) in [4.78, 5) is 8.56. The van der Waals surface area contributed by atoms with E-state index in [9.17, 15) is 0 Å². The lowest BCUT2D eigenvalue weighted by molar-refractivity contribution is 0.551. The van der Waals surface area contributed by atoms with Crippen molar-refractivity contribution in [3.63, 3.8) is 0 Å². The summed E-state index contributed by atoms with van der Waals surface area (Å²) in [5.41, 5.74) is 3.02. The van der Waals surface area contributed by atoms with Gasteiger partial charge in [0.15, 0.2) is 0 Å². The zero-order chi connectivity index (χ0) is 12.1. The highest BCUT2D eigenvalue weighted by molar-refractivity contribution is 5.78. The molecule has 0 bridgehead atoms. The Bertz CT molecular complexity index is 482. The van der Waals surface area contributed by atoms with Crippen LogP contribution in [0.1, 0.15) is 26.7 Å². The van der Waals surface area contributed by atoms with E-state index >= 15 is 0 Å². The topological polar surface area (TPSA) is 37.8 Å². The number of rotatable bonds is 5. The van der Waals surface area contributed by atoms with Gasteiger partial charge >= 0.3 is 0 Å². The van der Waals surface area contributed by atoms with Crippen LogP contribution in [0.2, 0.25) is 0 Å². The van der Waals surface area contributed by atoms with Gasteiger partial charge in [0.25, 0.3) is 0 Å². The molecular formula is C14H19N3. The quantitative estimate of drug-likeness (QED) is 0.853. The van der Waals surface area contributed by atoms with Crippen LogP contribution in [0.25, 0.3) is 11.0 Å². The average Bonchev–Trinajstić information content (AvgIpc) is 2.36. The van der Waals surface area contributed by atoms with Gasteiger partial charge in [-0.2, -0.15) is 0 Å². The molecule has 0 saturated carbocycles. The van der Waals surface area contributed by atoms with Crippen molar-refractivity contribution in [1.29, 1.82) is 0 Å². The molecule has 3 heteroatoms. The molecule has 1 atom stereocenters. The fourth-order valence-corrected chi connectivity index (χ4v) is 1.96. The van der Waals surface area contributed by atoms with E-state index in [1.807, 2.05) is 6.07 Å². The van der Waals surface area contributed by atoms with Gasteiger partial charge in [-0.15, -0.1) is 0 Å². The van der Waals surface area contributed by atoms with Crippen molar-refractivity contribution >= 4 is 16.7 Å². The zero-order valence-electron chi connectivity index (χ0n) is 10.5. The maximum atomic E-state index is 4.30. The van der Waals surface area contributed by atoms with E-state index in [1.165, 1.54) is 12.8 Å². The Hall–Kier alpha value is -1.64. The summed E-state index contributed by atoms with van der Waals surface area (Å²) < 4.78 is 0. The SMILES string of the molecule is CCCC(C)CNc1ccc2nccnc2c1. The second-order valence-corrected chi connectivity index (χ2v) is 4.53. The number of fused-ring (bicyclic) bond motifs is 1. The van der Waals surface area contributed by atoms with Gasteiger partial charge in [-0.1, -0.05) is 20.3 Å². The summed E-state index contributed by atoms with van der Waals surface area (Å²) in [6.45, 7) is 5.51. The minimum absolute atomic E-state index is 0.706. The molecule has 90 valence electrons. The fraction of sp³-hybridized carbons (Fsp3) is 0.429. The van der Waals surface area contributed by atoms with Gasteiger partial charge in [0.1, 0.15) is 0 Å². The Morgan fingerprint density at radius 1 is 1.18 bits per heavy atom. The fourth-order valence-electron chi connectivity index (χ4n) is 1.96. The lowest BCUT2D eigenvalue weighted by Gasteiger charge is -2.12. The number of aromatic nitrogens is 2. The minimum atomic E-state index is 0.706. The van der Waals surface area contributed by atoms with Gasteiger partial charge in [-0.25, -0.2) is 0 Å². The molecule has 0 spiro atoms. The molecule has 0 aliphatic rings. The first kappa shape index (κ1) is 11.8. The third-order valence-corrected chi connectivity index (χ3v) is 2.91. The Balaban J connectivity index is 2.04. The molecule has 1 unspecified atom stereocenters. The van der Waals surface area contributed by atoms with Crippen molar-refractivity contribution < 1.29 is 0 Å². The summed E-state index contributed by atoms with van der Waals surface area (Å²) >= 11 is 0. The molecule has 0 amide bonds. The lowest BCUT2D eigenvalue weighted by Crippen LogP contribution is -2.10. The second kappa shape index (κ2) is 5.62. The molecule has 1 heterocycles. The van der Waals surface area contributed by atoms with Crippen LogP contribution in [-0.2, 0) is 0 Å². The Morgan fingerprint density at radius 3 is 2.71 bits per heavy atom. The summed E-state index contributed by atoms with van der Waals surface area (Å²) in [7, 11) is 0. The molecule has 1 aromatic carbocycles. The summed E-state index contributed by atoms with van der Waals surface area (Å²) in [6, 6.07) is 6.13. The first-order valence-electron chi connectivity index (χ1n) is 6.24. The molecule has 1 aromatic heterocycles. The van der Waals surface area contributed by atoms with Gasteiger partial charge in [-0.3, -0.25) is 9.97 Å². The van der Waals surface area contributed by atoms with Crippen LogP contribution in [0.15, 0.2) is 30.6 Å².